The van der Waals surface area contributed by atoms with E-state index in [0.29, 0.717) is 6.04 Å². The number of nitrogens with one attached hydrogen (secondary N) is 1. The van der Waals surface area contributed by atoms with Crippen LogP contribution in [0.2, 0.25) is 0 Å². The maximum Gasteiger partial charge on any atom is 0.208 e. The van der Waals surface area contributed by atoms with Crippen LogP contribution in [0, 0.1) is 13.8 Å². The van der Waals surface area contributed by atoms with E-state index < -0.39 is 0 Å². The highest BCUT2D eigenvalue weighted by molar-refractivity contribution is 5.05. The topological polar surface area (TPSA) is 41.3 Å². The summed E-state index contributed by atoms with van der Waals surface area (Å²) in [6, 6.07) is 0.487. The fourth-order valence-corrected chi connectivity index (χ4v) is 2.29. The van der Waals surface area contributed by atoms with Gasteiger partial charge in [0.15, 0.2) is 0 Å². The Labute approximate surface area is 103 Å². The Morgan fingerprint density at radius 1 is 1.35 bits per heavy atom. The summed E-state index contributed by atoms with van der Waals surface area (Å²) in [6.45, 7) is 10.5. The minimum atomic E-state index is 0.487. The quantitative estimate of drug-likeness (QED) is 0.849. The zero-order chi connectivity index (χ0) is 12.3. The summed E-state index contributed by atoms with van der Waals surface area (Å²) < 4.78 is 5.55. The van der Waals surface area contributed by atoms with Gasteiger partial charge in [0, 0.05) is 12.6 Å². The van der Waals surface area contributed by atoms with Crippen LogP contribution in [-0.2, 0) is 6.54 Å². The lowest BCUT2D eigenvalue weighted by Gasteiger charge is -2.20. The van der Waals surface area contributed by atoms with Gasteiger partial charge in [0.05, 0.1) is 12.2 Å². The van der Waals surface area contributed by atoms with Crippen LogP contribution in [0.1, 0.15) is 37.1 Å². The van der Waals surface area contributed by atoms with Crippen molar-refractivity contribution in [1.82, 2.24) is 15.2 Å². The van der Waals surface area contributed by atoms with Crippen molar-refractivity contribution in [2.75, 3.05) is 19.6 Å². The standard InChI is InChI=1S/C13H23N3O/c1-10(9-16-6-4-5-7-16)14-8-13-15-11(2)12(3)17-13/h10,14H,4-9H2,1-3H3. The molecule has 0 aromatic carbocycles. The molecule has 1 aliphatic rings. The van der Waals surface area contributed by atoms with E-state index in [-0.39, 0.29) is 0 Å². The Morgan fingerprint density at radius 2 is 2.06 bits per heavy atom. The Bertz CT molecular complexity index is 336. The Morgan fingerprint density at radius 3 is 2.65 bits per heavy atom. The molecule has 4 heteroatoms. The van der Waals surface area contributed by atoms with Gasteiger partial charge in [-0.1, -0.05) is 0 Å². The molecule has 0 bridgehead atoms. The molecule has 0 radical (unpaired) electrons. The average Bonchev–Trinajstić information content (AvgIpc) is 2.87. The van der Waals surface area contributed by atoms with Crippen molar-refractivity contribution < 1.29 is 4.42 Å². The summed E-state index contributed by atoms with van der Waals surface area (Å²) in [5, 5.41) is 3.47. The van der Waals surface area contributed by atoms with Crippen LogP contribution in [-0.4, -0.2) is 35.6 Å². The maximum absolute atomic E-state index is 5.55. The Hall–Kier alpha value is -0.870. The number of likely N-dealkylation sites (tertiary alicyclic amines) is 1. The van der Waals surface area contributed by atoms with Crippen molar-refractivity contribution in [3.8, 4) is 0 Å². The molecule has 1 fully saturated rings. The maximum atomic E-state index is 5.55. The minimum Gasteiger partial charge on any atom is -0.444 e. The molecule has 0 saturated carbocycles. The zero-order valence-corrected chi connectivity index (χ0v) is 11.1. The lowest BCUT2D eigenvalue weighted by atomic mass is 10.3. The zero-order valence-electron chi connectivity index (χ0n) is 11.1. The third kappa shape index (κ3) is 3.54. The molecule has 1 atom stereocenters. The lowest BCUT2D eigenvalue weighted by molar-refractivity contribution is 0.293. The molecule has 0 spiro atoms. The van der Waals surface area contributed by atoms with Crippen molar-refractivity contribution >= 4 is 0 Å². The minimum absolute atomic E-state index is 0.487. The molecular formula is C13H23N3O. The smallest absolute Gasteiger partial charge is 0.208 e. The van der Waals surface area contributed by atoms with Crippen molar-refractivity contribution in [3.63, 3.8) is 0 Å². The number of nitrogens with zero attached hydrogens (tertiary/aromatic N) is 2. The molecule has 1 unspecified atom stereocenters. The van der Waals surface area contributed by atoms with E-state index in [1.807, 2.05) is 13.8 Å². The van der Waals surface area contributed by atoms with Gasteiger partial charge in [-0.15, -0.1) is 0 Å². The third-order valence-electron chi connectivity index (χ3n) is 3.41. The molecule has 1 aliphatic heterocycles. The van der Waals surface area contributed by atoms with E-state index in [1.165, 1.54) is 25.9 Å². The fourth-order valence-electron chi connectivity index (χ4n) is 2.29. The Balaban J connectivity index is 1.73. The molecule has 1 saturated heterocycles. The molecule has 0 amide bonds. The number of aryl methyl sites for hydroxylation is 2. The van der Waals surface area contributed by atoms with E-state index in [9.17, 15) is 0 Å². The highest BCUT2D eigenvalue weighted by atomic mass is 16.4. The van der Waals surface area contributed by atoms with Crippen LogP contribution < -0.4 is 5.32 Å². The first-order valence-corrected chi connectivity index (χ1v) is 6.54. The summed E-state index contributed by atoms with van der Waals surface area (Å²) in [7, 11) is 0. The van der Waals surface area contributed by atoms with Gasteiger partial charge in [-0.05, 0) is 46.7 Å². The normalized spacial score (nSPS) is 18.8. The SMILES string of the molecule is Cc1nc(CNC(C)CN2CCCC2)oc1C. The van der Waals surface area contributed by atoms with Gasteiger partial charge in [0.1, 0.15) is 5.76 Å². The van der Waals surface area contributed by atoms with Gasteiger partial charge in [0.25, 0.3) is 0 Å². The summed E-state index contributed by atoms with van der Waals surface area (Å²) in [5.74, 6) is 1.72. The number of hydrogen-bond acceptors (Lipinski definition) is 4. The lowest BCUT2D eigenvalue weighted by Crippen LogP contribution is -2.37. The monoisotopic (exact) mass is 237 g/mol. The Kier molecular flexibility index (Phi) is 4.18. The average molecular weight is 237 g/mol. The van der Waals surface area contributed by atoms with Gasteiger partial charge in [-0.2, -0.15) is 0 Å². The third-order valence-corrected chi connectivity index (χ3v) is 3.41. The number of hydrogen-bond donors (Lipinski definition) is 1. The molecule has 4 nitrogen and oxygen atoms in total. The molecule has 1 aromatic rings. The second kappa shape index (κ2) is 5.65. The van der Waals surface area contributed by atoms with Crippen LogP contribution >= 0.6 is 0 Å². The van der Waals surface area contributed by atoms with Crippen molar-refractivity contribution in [3.05, 3.63) is 17.3 Å². The van der Waals surface area contributed by atoms with Crippen LogP contribution in [0.15, 0.2) is 4.42 Å². The molecule has 2 rings (SSSR count). The molecule has 0 aliphatic carbocycles. The van der Waals surface area contributed by atoms with E-state index in [2.05, 4.69) is 22.1 Å². The van der Waals surface area contributed by atoms with Gasteiger partial charge in [-0.3, -0.25) is 0 Å². The van der Waals surface area contributed by atoms with Gasteiger partial charge in [-0.25, -0.2) is 4.98 Å². The van der Waals surface area contributed by atoms with Gasteiger partial charge < -0.3 is 14.6 Å². The largest absolute Gasteiger partial charge is 0.444 e. The number of rotatable bonds is 5. The summed E-state index contributed by atoms with van der Waals surface area (Å²) in [5.41, 5.74) is 0.994. The molecule has 96 valence electrons. The predicted octanol–water partition coefficient (Wildman–Crippen LogP) is 1.87. The van der Waals surface area contributed by atoms with Gasteiger partial charge in [0.2, 0.25) is 5.89 Å². The number of oxazole rings is 1. The van der Waals surface area contributed by atoms with Crippen molar-refractivity contribution in [2.45, 2.75) is 46.2 Å². The molecule has 1 aromatic heterocycles. The van der Waals surface area contributed by atoms with Gasteiger partial charge >= 0.3 is 0 Å². The molecular weight excluding hydrogens is 214 g/mol. The van der Waals surface area contributed by atoms with Crippen LogP contribution in [0.5, 0.6) is 0 Å². The van der Waals surface area contributed by atoms with E-state index >= 15 is 0 Å². The highest BCUT2D eigenvalue weighted by Crippen LogP contribution is 2.09. The summed E-state index contributed by atoms with van der Waals surface area (Å²) in [6.07, 6.45) is 2.70. The summed E-state index contributed by atoms with van der Waals surface area (Å²) >= 11 is 0. The fraction of sp³-hybridized carbons (Fsp3) is 0.769. The first-order chi connectivity index (χ1) is 8.15. The van der Waals surface area contributed by atoms with E-state index in [4.69, 9.17) is 4.42 Å². The van der Waals surface area contributed by atoms with Crippen LogP contribution in [0.3, 0.4) is 0 Å². The van der Waals surface area contributed by atoms with Crippen molar-refractivity contribution in [1.29, 1.82) is 0 Å². The summed E-state index contributed by atoms with van der Waals surface area (Å²) in [4.78, 5) is 6.89. The predicted molar refractivity (Wildman–Crippen MR) is 68.0 cm³/mol. The van der Waals surface area contributed by atoms with Crippen molar-refractivity contribution in [2.24, 2.45) is 0 Å². The molecule has 2 heterocycles. The second-order valence-corrected chi connectivity index (χ2v) is 5.04. The molecule has 1 N–H and O–H groups in total. The van der Waals surface area contributed by atoms with E-state index in [1.54, 1.807) is 0 Å². The second-order valence-electron chi connectivity index (χ2n) is 5.04. The van der Waals surface area contributed by atoms with Crippen LogP contribution in [0.25, 0.3) is 0 Å². The van der Waals surface area contributed by atoms with Crippen LogP contribution in [0.4, 0.5) is 0 Å². The highest BCUT2D eigenvalue weighted by Gasteiger charge is 2.14. The first-order valence-electron chi connectivity index (χ1n) is 6.54. The molecule has 17 heavy (non-hydrogen) atoms. The number of aromatic nitrogens is 1. The van der Waals surface area contributed by atoms with E-state index in [0.717, 1.165) is 30.4 Å². The first kappa shape index (κ1) is 12.6.